The second-order valence-electron chi connectivity index (χ2n) is 13.3. The van der Waals surface area contributed by atoms with E-state index in [1.807, 2.05) is 25.7 Å². The molecular formula is C32H49N5O5. The van der Waals surface area contributed by atoms with Gasteiger partial charge < -0.3 is 25.2 Å². The van der Waals surface area contributed by atoms with Crippen molar-refractivity contribution in [2.24, 2.45) is 11.8 Å². The molecule has 0 radical (unpaired) electrons. The van der Waals surface area contributed by atoms with Gasteiger partial charge in [0.25, 0.3) is 11.8 Å². The maximum Gasteiger partial charge on any atom is 0.258 e. The Bertz CT molecular complexity index is 1150. The van der Waals surface area contributed by atoms with Crippen molar-refractivity contribution in [2.45, 2.75) is 90.4 Å². The Labute approximate surface area is 250 Å². The van der Waals surface area contributed by atoms with Crippen LogP contribution in [0.25, 0.3) is 0 Å². The van der Waals surface area contributed by atoms with Gasteiger partial charge in [-0.1, -0.05) is 39.8 Å². The molecule has 4 amide bonds. The van der Waals surface area contributed by atoms with E-state index in [4.69, 9.17) is 4.74 Å². The zero-order valence-electron chi connectivity index (χ0n) is 26.2. The smallest absolute Gasteiger partial charge is 0.258 e. The number of likely N-dealkylation sites (N-methyl/N-ethyl adjacent to an activating group) is 1. The lowest BCUT2D eigenvalue weighted by molar-refractivity contribution is -0.146. The van der Waals surface area contributed by atoms with Gasteiger partial charge in [0, 0.05) is 37.8 Å². The number of carbonyl (C=O) groups is 4. The maximum atomic E-state index is 14.0. The number of carbonyl (C=O) groups excluding carboxylic acids is 4. The van der Waals surface area contributed by atoms with Gasteiger partial charge in [0.2, 0.25) is 11.8 Å². The molecule has 1 saturated carbocycles. The molecule has 232 valence electrons. The zero-order chi connectivity index (χ0) is 30.6. The van der Waals surface area contributed by atoms with E-state index < -0.39 is 18.0 Å². The molecule has 1 aromatic rings. The number of nitrogens with one attached hydrogen (secondary N) is 2. The molecule has 42 heavy (non-hydrogen) atoms. The van der Waals surface area contributed by atoms with E-state index in [0.717, 1.165) is 25.8 Å². The van der Waals surface area contributed by atoms with Gasteiger partial charge in [-0.25, -0.2) is 0 Å². The van der Waals surface area contributed by atoms with Crippen molar-refractivity contribution >= 4 is 23.6 Å². The van der Waals surface area contributed by atoms with Crippen LogP contribution in [0.1, 0.15) is 77.1 Å². The Hall–Kier alpha value is -3.14. The summed E-state index contributed by atoms with van der Waals surface area (Å²) in [6.07, 6.45) is 3.71. The molecule has 0 aromatic heterocycles. The van der Waals surface area contributed by atoms with Crippen LogP contribution in [0.15, 0.2) is 24.3 Å². The normalized spacial score (nSPS) is 22.7. The van der Waals surface area contributed by atoms with Crippen molar-refractivity contribution in [1.29, 1.82) is 0 Å². The molecule has 2 saturated heterocycles. The number of hydrogen-bond acceptors (Lipinski definition) is 6. The lowest BCUT2D eigenvalue weighted by Gasteiger charge is -2.43. The summed E-state index contributed by atoms with van der Waals surface area (Å²) in [7, 11) is 2.10. The first-order chi connectivity index (χ1) is 19.9. The maximum absolute atomic E-state index is 14.0. The minimum Gasteiger partial charge on any atom is -0.483 e. The molecule has 0 unspecified atom stereocenters. The minimum atomic E-state index is -0.784. The van der Waals surface area contributed by atoms with E-state index in [-0.39, 0.29) is 53.1 Å². The Morgan fingerprint density at radius 1 is 1.05 bits per heavy atom. The van der Waals surface area contributed by atoms with Gasteiger partial charge in [0.05, 0.1) is 5.56 Å². The van der Waals surface area contributed by atoms with E-state index in [9.17, 15) is 19.2 Å². The number of para-hydroxylation sites is 1. The van der Waals surface area contributed by atoms with Crippen molar-refractivity contribution in [3.8, 4) is 5.75 Å². The standard InChI is InChI=1S/C32H49N5O5/c1-21(2)18-24(33-29(39)23-10-7-8-12-27(23)42-20-28(38)34-32(5)13-14-32)30(40)37-15-9-11-25(37)31(41)36-17-16-35(6)26(19-36)22(3)4/h7-8,10,12,21-22,24-26H,9,11,13-20H2,1-6H3,(H,33,39)(H,34,38)/t24-,25-,26-/m1/s1. The first-order valence-corrected chi connectivity index (χ1v) is 15.5. The molecule has 2 N–H and O–H groups in total. The second kappa shape index (κ2) is 13.4. The third-order valence-corrected chi connectivity index (χ3v) is 8.84. The number of amides is 4. The van der Waals surface area contributed by atoms with Crippen LogP contribution in [-0.2, 0) is 14.4 Å². The predicted octanol–water partition coefficient (Wildman–Crippen LogP) is 2.67. The fourth-order valence-corrected chi connectivity index (χ4v) is 6.06. The van der Waals surface area contributed by atoms with Crippen LogP contribution < -0.4 is 15.4 Å². The third kappa shape index (κ3) is 7.82. The molecule has 0 bridgehead atoms. The number of ether oxygens (including phenoxy) is 1. The average molecular weight is 584 g/mol. The van der Waals surface area contributed by atoms with Gasteiger partial charge in [0.1, 0.15) is 17.8 Å². The summed E-state index contributed by atoms with van der Waals surface area (Å²) < 4.78 is 5.74. The van der Waals surface area contributed by atoms with Gasteiger partial charge in [0.15, 0.2) is 6.61 Å². The first kappa shape index (κ1) is 31.8. The second-order valence-corrected chi connectivity index (χ2v) is 13.3. The Morgan fingerprint density at radius 3 is 2.43 bits per heavy atom. The van der Waals surface area contributed by atoms with Crippen LogP contribution in [-0.4, -0.2) is 102 Å². The lowest BCUT2D eigenvalue weighted by Crippen LogP contribution is -2.59. The van der Waals surface area contributed by atoms with Gasteiger partial charge >= 0.3 is 0 Å². The Kier molecular flexibility index (Phi) is 10.2. The molecule has 2 aliphatic heterocycles. The summed E-state index contributed by atoms with van der Waals surface area (Å²) in [6.45, 7) is 12.8. The molecule has 10 nitrogen and oxygen atoms in total. The summed E-state index contributed by atoms with van der Waals surface area (Å²) in [4.78, 5) is 59.4. The summed E-state index contributed by atoms with van der Waals surface area (Å²) >= 11 is 0. The summed E-state index contributed by atoms with van der Waals surface area (Å²) in [5.74, 6) is -0.0577. The van der Waals surface area contributed by atoms with Crippen LogP contribution in [0.2, 0.25) is 0 Å². The fourth-order valence-electron chi connectivity index (χ4n) is 6.06. The highest BCUT2D eigenvalue weighted by Gasteiger charge is 2.42. The number of nitrogens with zero attached hydrogens (tertiary/aromatic N) is 3. The van der Waals surface area contributed by atoms with Gasteiger partial charge in [-0.05, 0) is 70.0 Å². The molecule has 2 heterocycles. The lowest BCUT2D eigenvalue weighted by atomic mass is 9.99. The van der Waals surface area contributed by atoms with Crippen molar-refractivity contribution in [3.63, 3.8) is 0 Å². The fraction of sp³-hybridized carbons (Fsp3) is 0.688. The summed E-state index contributed by atoms with van der Waals surface area (Å²) in [5, 5.41) is 5.89. The van der Waals surface area contributed by atoms with Crippen LogP contribution in [0.3, 0.4) is 0 Å². The molecule has 1 aliphatic carbocycles. The highest BCUT2D eigenvalue weighted by molar-refractivity contribution is 6.00. The Balaban J connectivity index is 1.44. The summed E-state index contributed by atoms with van der Waals surface area (Å²) in [5.41, 5.74) is 0.104. The third-order valence-electron chi connectivity index (χ3n) is 8.84. The van der Waals surface area contributed by atoms with Crippen molar-refractivity contribution in [3.05, 3.63) is 29.8 Å². The van der Waals surface area contributed by atoms with Crippen molar-refractivity contribution in [2.75, 3.05) is 39.8 Å². The van der Waals surface area contributed by atoms with Crippen LogP contribution in [0.4, 0.5) is 0 Å². The average Bonchev–Trinajstić information content (AvgIpc) is 3.46. The molecule has 0 spiro atoms. The van der Waals surface area contributed by atoms with E-state index in [0.29, 0.717) is 38.4 Å². The van der Waals surface area contributed by atoms with Gasteiger partial charge in [-0.3, -0.25) is 24.1 Å². The van der Waals surface area contributed by atoms with Gasteiger partial charge in [-0.15, -0.1) is 0 Å². The molecule has 3 aliphatic rings. The predicted molar refractivity (Wildman–Crippen MR) is 161 cm³/mol. The number of piperazine rings is 1. The van der Waals surface area contributed by atoms with Crippen LogP contribution >= 0.6 is 0 Å². The Morgan fingerprint density at radius 2 is 1.76 bits per heavy atom. The quantitative estimate of drug-likeness (QED) is 0.415. The van der Waals surface area contributed by atoms with E-state index >= 15 is 0 Å². The molecule has 3 fully saturated rings. The molecule has 10 heteroatoms. The summed E-state index contributed by atoms with van der Waals surface area (Å²) in [6, 6.07) is 5.73. The van der Waals surface area contributed by atoms with E-state index in [2.05, 4.69) is 36.4 Å². The number of hydrogen-bond donors (Lipinski definition) is 2. The van der Waals surface area contributed by atoms with Crippen LogP contribution in [0, 0.1) is 11.8 Å². The highest BCUT2D eigenvalue weighted by Crippen LogP contribution is 2.34. The zero-order valence-corrected chi connectivity index (χ0v) is 26.2. The molecule has 3 atom stereocenters. The topological polar surface area (TPSA) is 111 Å². The van der Waals surface area contributed by atoms with E-state index in [1.54, 1.807) is 29.2 Å². The minimum absolute atomic E-state index is 0.00584. The van der Waals surface area contributed by atoms with E-state index in [1.165, 1.54) is 0 Å². The molecule has 1 aromatic carbocycles. The first-order valence-electron chi connectivity index (χ1n) is 15.5. The SMILES string of the molecule is CC(C)C[C@@H](NC(=O)c1ccccc1OCC(=O)NC1(C)CC1)C(=O)N1CCC[C@@H]1C(=O)N1CCN(C)[C@@H](C(C)C)C1. The molecular weight excluding hydrogens is 534 g/mol. The van der Waals surface area contributed by atoms with Crippen molar-refractivity contribution in [1.82, 2.24) is 25.3 Å². The number of rotatable bonds is 11. The van der Waals surface area contributed by atoms with Crippen LogP contribution in [0.5, 0.6) is 5.75 Å². The highest BCUT2D eigenvalue weighted by atomic mass is 16.5. The number of benzene rings is 1. The number of likely N-dealkylation sites (tertiary alicyclic amines) is 1. The van der Waals surface area contributed by atoms with Gasteiger partial charge in [-0.2, -0.15) is 0 Å². The monoisotopic (exact) mass is 583 g/mol. The molecule has 4 rings (SSSR count). The van der Waals surface area contributed by atoms with Crippen molar-refractivity contribution < 1.29 is 23.9 Å². The largest absolute Gasteiger partial charge is 0.483 e.